The summed E-state index contributed by atoms with van der Waals surface area (Å²) in [7, 11) is 2.20. The Morgan fingerprint density at radius 3 is 2.93 bits per heavy atom. The van der Waals surface area contributed by atoms with E-state index < -0.39 is 0 Å². The van der Waals surface area contributed by atoms with Crippen LogP contribution in [0.15, 0.2) is 0 Å². The van der Waals surface area contributed by atoms with Crippen LogP contribution in [0.4, 0.5) is 0 Å². The van der Waals surface area contributed by atoms with Gasteiger partial charge in [-0.15, -0.1) is 0 Å². The molecule has 0 saturated carbocycles. The standard InChI is InChI=1S/C12H23N3/c1-11-10-12(6-9-15(11)2)14-8-5-3-4-7-13/h11-12,14H,3-6,8-10H2,1-2H3. The number of nitrogens with zero attached hydrogens (tertiary/aromatic N) is 2. The van der Waals surface area contributed by atoms with Crippen molar-refractivity contribution in [1.82, 2.24) is 10.2 Å². The van der Waals surface area contributed by atoms with Gasteiger partial charge < -0.3 is 10.2 Å². The van der Waals surface area contributed by atoms with Crippen LogP contribution >= 0.6 is 0 Å². The average molecular weight is 209 g/mol. The molecule has 1 heterocycles. The number of rotatable bonds is 5. The van der Waals surface area contributed by atoms with Gasteiger partial charge in [0.25, 0.3) is 0 Å². The van der Waals surface area contributed by atoms with Crippen molar-refractivity contribution in [3.05, 3.63) is 0 Å². The average Bonchev–Trinajstić information content (AvgIpc) is 2.23. The topological polar surface area (TPSA) is 39.1 Å². The van der Waals surface area contributed by atoms with Crippen LogP contribution in [0.5, 0.6) is 0 Å². The zero-order valence-electron chi connectivity index (χ0n) is 10.00. The van der Waals surface area contributed by atoms with E-state index in [4.69, 9.17) is 5.26 Å². The van der Waals surface area contributed by atoms with Crippen LogP contribution in [0.25, 0.3) is 0 Å². The number of nitrogens with one attached hydrogen (secondary N) is 1. The van der Waals surface area contributed by atoms with Gasteiger partial charge in [0.2, 0.25) is 0 Å². The molecule has 0 bridgehead atoms. The second kappa shape index (κ2) is 6.81. The minimum Gasteiger partial charge on any atom is -0.314 e. The van der Waals surface area contributed by atoms with E-state index in [-0.39, 0.29) is 0 Å². The summed E-state index contributed by atoms with van der Waals surface area (Å²) in [6.07, 6.45) is 5.39. The predicted molar refractivity (Wildman–Crippen MR) is 62.6 cm³/mol. The number of hydrogen-bond acceptors (Lipinski definition) is 3. The summed E-state index contributed by atoms with van der Waals surface area (Å²) in [6, 6.07) is 3.58. The molecule has 2 unspecified atom stereocenters. The van der Waals surface area contributed by atoms with Gasteiger partial charge in [0.05, 0.1) is 6.07 Å². The normalized spacial score (nSPS) is 27.5. The summed E-state index contributed by atoms with van der Waals surface area (Å²) in [5.41, 5.74) is 0. The third-order valence-corrected chi connectivity index (χ3v) is 3.36. The first-order valence-corrected chi connectivity index (χ1v) is 6.04. The fourth-order valence-electron chi connectivity index (χ4n) is 2.11. The minimum atomic E-state index is 0.693. The van der Waals surface area contributed by atoms with Crippen molar-refractivity contribution in [1.29, 1.82) is 5.26 Å². The van der Waals surface area contributed by atoms with Crippen molar-refractivity contribution in [2.75, 3.05) is 20.1 Å². The van der Waals surface area contributed by atoms with E-state index in [0.29, 0.717) is 18.5 Å². The van der Waals surface area contributed by atoms with Gasteiger partial charge in [-0.2, -0.15) is 5.26 Å². The van der Waals surface area contributed by atoms with E-state index in [1.54, 1.807) is 0 Å². The van der Waals surface area contributed by atoms with Crippen molar-refractivity contribution in [2.24, 2.45) is 0 Å². The minimum absolute atomic E-state index is 0.693. The molecule has 3 heteroatoms. The third-order valence-electron chi connectivity index (χ3n) is 3.36. The lowest BCUT2D eigenvalue weighted by molar-refractivity contribution is 0.168. The second-order valence-electron chi connectivity index (χ2n) is 4.62. The largest absolute Gasteiger partial charge is 0.314 e. The van der Waals surface area contributed by atoms with E-state index in [0.717, 1.165) is 19.4 Å². The third kappa shape index (κ3) is 4.63. The predicted octanol–water partition coefficient (Wildman–Crippen LogP) is 1.75. The molecular weight excluding hydrogens is 186 g/mol. The number of piperidine rings is 1. The van der Waals surface area contributed by atoms with Gasteiger partial charge >= 0.3 is 0 Å². The molecule has 86 valence electrons. The Morgan fingerprint density at radius 1 is 1.47 bits per heavy atom. The lowest BCUT2D eigenvalue weighted by Gasteiger charge is -2.35. The van der Waals surface area contributed by atoms with E-state index in [1.807, 2.05) is 0 Å². The highest BCUT2D eigenvalue weighted by molar-refractivity contribution is 4.81. The maximum atomic E-state index is 8.40. The van der Waals surface area contributed by atoms with E-state index >= 15 is 0 Å². The first kappa shape index (κ1) is 12.5. The van der Waals surface area contributed by atoms with Crippen LogP contribution in [0.2, 0.25) is 0 Å². The molecule has 2 atom stereocenters. The van der Waals surface area contributed by atoms with Gasteiger partial charge in [0, 0.05) is 18.5 Å². The molecule has 15 heavy (non-hydrogen) atoms. The number of hydrogen-bond donors (Lipinski definition) is 1. The molecule has 1 N–H and O–H groups in total. The zero-order chi connectivity index (χ0) is 11.1. The van der Waals surface area contributed by atoms with E-state index in [9.17, 15) is 0 Å². The van der Waals surface area contributed by atoms with Crippen molar-refractivity contribution in [3.8, 4) is 6.07 Å². The summed E-state index contributed by atoms with van der Waals surface area (Å²) in [5, 5.41) is 12.0. The molecule has 0 aromatic rings. The van der Waals surface area contributed by atoms with Crippen LogP contribution in [0.1, 0.15) is 39.0 Å². The highest BCUT2D eigenvalue weighted by Crippen LogP contribution is 2.15. The van der Waals surface area contributed by atoms with Crippen molar-refractivity contribution < 1.29 is 0 Å². The quantitative estimate of drug-likeness (QED) is 0.701. The molecular formula is C12H23N3. The van der Waals surface area contributed by atoms with Crippen LogP contribution < -0.4 is 5.32 Å². The lowest BCUT2D eigenvalue weighted by atomic mass is 9.99. The lowest BCUT2D eigenvalue weighted by Crippen LogP contribution is -2.45. The maximum Gasteiger partial charge on any atom is 0.0621 e. The summed E-state index contributed by atoms with van der Waals surface area (Å²) in [6.45, 7) is 4.57. The molecule has 0 amide bonds. The second-order valence-corrected chi connectivity index (χ2v) is 4.62. The summed E-state index contributed by atoms with van der Waals surface area (Å²) < 4.78 is 0. The monoisotopic (exact) mass is 209 g/mol. The van der Waals surface area contributed by atoms with E-state index in [1.165, 1.54) is 19.4 Å². The summed E-state index contributed by atoms with van der Waals surface area (Å²) >= 11 is 0. The molecule has 1 saturated heterocycles. The van der Waals surface area contributed by atoms with E-state index in [2.05, 4.69) is 30.3 Å². The van der Waals surface area contributed by atoms with Gasteiger partial charge in [-0.05, 0) is 52.7 Å². The molecule has 3 nitrogen and oxygen atoms in total. The molecule has 0 radical (unpaired) electrons. The molecule has 0 aromatic heterocycles. The summed E-state index contributed by atoms with van der Waals surface area (Å²) in [4.78, 5) is 2.42. The highest BCUT2D eigenvalue weighted by Gasteiger charge is 2.21. The van der Waals surface area contributed by atoms with Crippen LogP contribution in [0, 0.1) is 11.3 Å². The molecule has 1 aliphatic heterocycles. The molecule has 1 rings (SSSR count). The fourth-order valence-corrected chi connectivity index (χ4v) is 2.11. The first-order chi connectivity index (χ1) is 7.24. The molecule has 1 fully saturated rings. The Morgan fingerprint density at radius 2 is 2.27 bits per heavy atom. The number of likely N-dealkylation sites (tertiary alicyclic amines) is 1. The van der Waals surface area contributed by atoms with Crippen LogP contribution in [0.3, 0.4) is 0 Å². The van der Waals surface area contributed by atoms with Gasteiger partial charge in [-0.25, -0.2) is 0 Å². The molecule has 0 spiro atoms. The van der Waals surface area contributed by atoms with Gasteiger partial charge in [0.1, 0.15) is 0 Å². The highest BCUT2D eigenvalue weighted by atomic mass is 15.1. The Labute approximate surface area is 93.5 Å². The van der Waals surface area contributed by atoms with Crippen molar-refractivity contribution in [2.45, 2.75) is 51.1 Å². The summed E-state index contributed by atoms with van der Waals surface area (Å²) in [5.74, 6) is 0. The maximum absolute atomic E-state index is 8.40. The molecule has 0 aromatic carbocycles. The molecule has 0 aliphatic carbocycles. The van der Waals surface area contributed by atoms with Crippen molar-refractivity contribution in [3.63, 3.8) is 0 Å². The SMILES string of the molecule is CC1CC(NCCCCC#N)CCN1C. The van der Waals surface area contributed by atoms with Gasteiger partial charge in [-0.1, -0.05) is 0 Å². The van der Waals surface area contributed by atoms with Gasteiger partial charge in [0.15, 0.2) is 0 Å². The first-order valence-electron chi connectivity index (χ1n) is 6.04. The Bertz CT molecular complexity index is 209. The van der Waals surface area contributed by atoms with Crippen molar-refractivity contribution >= 4 is 0 Å². The Balaban J connectivity index is 2.05. The molecule has 1 aliphatic rings. The zero-order valence-corrected chi connectivity index (χ0v) is 10.00. The van der Waals surface area contributed by atoms with Crippen LogP contribution in [-0.4, -0.2) is 37.1 Å². The van der Waals surface area contributed by atoms with Crippen LogP contribution in [-0.2, 0) is 0 Å². The number of unbranched alkanes of at least 4 members (excludes halogenated alkanes) is 2. The Kier molecular flexibility index (Phi) is 5.67. The smallest absolute Gasteiger partial charge is 0.0621 e. The Hall–Kier alpha value is -0.590. The fraction of sp³-hybridized carbons (Fsp3) is 0.917. The number of nitriles is 1. The van der Waals surface area contributed by atoms with Gasteiger partial charge in [-0.3, -0.25) is 0 Å².